The summed E-state index contributed by atoms with van der Waals surface area (Å²) in [5.41, 5.74) is 1.16. The van der Waals surface area contributed by atoms with Crippen molar-refractivity contribution < 1.29 is 4.42 Å². The highest BCUT2D eigenvalue weighted by molar-refractivity contribution is 5.46. The predicted molar refractivity (Wildman–Crippen MR) is 76.3 cm³/mol. The summed E-state index contributed by atoms with van der Waals surface area (Å²) in [6.45, 7) is 5.98. The molecule has 2 nitrogen and oxygen atoms in total. The minimum absolute atomic E-state index is 0.727. The van der Waals surface area contributed by atoms with Gasteiger partial charge in [0.25, 0.3) is 0 Å². The van der Waals surface area contributed by atoms with Crippen LogP contribution >= 0.6 is 0 Å². The third-order valence-electron chi connectivity index (χ3n) is 4.14. The van der Waals surface area contributed by atoms with E-state index in [0.717, 1.165) is 29.9 Å². The van der Waals surface area contributed by atoms with Gasteiger partial charge in [-0.25, -0.2) is 0 Å². The highest BCUT2D eigenvalue weighted by atomic mass is 16.3. The van der Waals surface area contributed by atoms with Gasteiger partial charge in [-0.3, -0.25) is 0 Å². The standard InChI is InChI=1S/C16H25NO/c1-13-7-8-16(17(3)11-13)14(2)5-4-6-15-9-10-18-12-15/h4,6,9-10,12-14,16H,5,7-8,11H2,1-3H3/b6-4+/t13-,14?,16+/m0/s1. The van der Waals surface area contributed by atoms with E-state index in [4.69, 9.17) is 4.42 Å². The number of allylic oxidation sites excluding steroid dienone is 1. The lowest BCUT2D eigenvalue weighted by Crippen LogP contribution is -2.43. The van der Waals surface area contributed by atoms with Crippen LogP contribution in [0.3, 0.4) is 0 Å². The second-order valence-corrected chi connectivity index (χ2v) is 5.86. The Morgan fingerprint density at radius 1 is 1.50 bits per heavy atom. The summed E-state index contributed by atoms with van der Waals surface area (Å²) in [4.78, 5) is 2.55. The number of rotatable bonds is 4. The molecule has 0 bridgehead atoms. The Morgan fingerprint density at radius 2 is 2.33 bits per heavy atom. The molecule has 1 aromatic rings. The maximum absolute atomic E-state index is 5.06. The van der Waals surface area contributed by atoms with Crippen LogP contribution in [0.2, 0.25) is 0 Å². The van der Waals surface area contributed by atoms with Crippen LogP contribution < -0.4 is 0 Å². The Balaban J connectivity index is 1.82. The largest absolute Gasteiger partial charge is 0.472 e. The molecule has 0 amide bonds. The third-order valence-corrected chi connectivity index (χ3v) is 4.14. The zero-order valence-electron chi connectivity index (χ0n) is 11.8. The molecule has 0 aromatic carbocycles. The van der Waals surface area contributed by atoms with Gasteiger partial charge in [0.2, 0.25) is 0 Å². The van der Waals surface area contributed by atoms with Crippen LogP contribution in [0, 0.1) is 11.8 Å². The molecule has 1 aliphatic rings. The summed E-state index contributed by atoms with van der Waals surface area (Å²) >= 11 is 0. The van der Waals surface area contributed by atoms with Gasteiger partial charge >= 0.3 is 0 Å². The van der Waals surface area contributed by atoms with E-state index in [1.807, 2.05) is 6.07 Å². The lowest BCUT2D eigenvalue weighted by atomic mass is 9.86. The van der Waals surface area contributed by atoms with Gasteiger partial charge in [-0.15, -0.1) is 0 Å². The molecule has 1 fully saturated rings. The van der Waals surface area contributed by atoms with Gasteiger partial charge in [-0.1, -0.05) is 26.0 Å². The van der Waals surface area contributed by atoms with Gasteiger partial charge in [0.05, 0.1) is 12.5 Å². The summed E-state index contributed by atoms with van der Waals surface area (Å²) in [6.07, 6.45) is 11.8. The van der Waals surface area contributed by atoms with Crippen molar-refractivity contribution in [2.75, 3.05) is 13.6 Å². The number of hydrogen-bond donors (Lipinski definition) is 0. The van der Waals surface area contributed by atoms with Crippen molar-refractivity contribution in [2.45, 2.75) is 39.2 Å². The van der Waals surface area contributed by atoms with E-state index in [0.29, 0.717) is 0 Å². The monoisotopic (exact) mass is 247 g/mol. The minimum Gasteiger partial charge on any atom is -0.472 e. The lowest BCUT2D eigenvalue weighted by molar-refractivity contribution is 0.106. The zero-order valence-corrected chi connectivity index (χ0v) is 11.8. The van der Waals surface area contributed by atoms with E-state index in [-0.39, 0.29) is 0 Å². The minimum atomic E-state index is 0.727. The van der Waals surface area contributed by atoms with Crippen LogP contribution in [-0.2, 0) is 0 Å². The van der Waals surface area contributed by atoms with Gasteiger partial charge in [-0.05, 0) is 44.2 Å². The van der Waals surface area contributed by atoms with Crippen molar-refractivity contribution in [3.05, 3.63) is 30.2 Å². The molecule has 1 aliphatic heterocycles. The number of furan rings is 1. The highest BCUT2D eigenvalue weighted by Crippen LogP contribution is 2.27. The first kappa shape index (κ1) is 13.4. The second kappa shape index (κ2) is 6.24. The molecular weight excluding hydrogens is 222 g/mol. The molecule has 0 aliphatic carbocycles. The molecule has 0 saturated carbocycles. The van der Waals surface area contributed by atoms with Gasteiger partial charge in [0, 0.05) is 18.2 Å². The summed E-state index contributed by atoms with van der Waals surface area (Å²) in [5.74, 6) is 1.59. The summed E-state index contributed by atoms with van der Waals surface area (Å²) in [5, 5.41) is 0. The molecule has 2 heterocycles. The van der Waals surface area contributed by atoms with Gasteiger partial charge in [0.15, 0.2) is 0 Å². The molecule has 1 unspecified atom stereocenters. The lowest BCUT2D eigenvalue weighted by Gasteiger charge is -2.39. The van der Waals surface area contributed by atoms with E-state index in [1.165, 1.54) is 19.4 Å². The average molecular weight is 247 g/mol. The average Bonchev–Trinajstić information content (AvgIpc) is 2.81. The normalized spacial score (nSPS) is 27.7. The number of hydrogen-bond acceptors (Lipinski definition) is 2. The van der Waals surface area contributed by atoms with Crippen LogP contribution in [0.25, 0.3) is 6.08 Å². The Morgan fingerprint density at radius 3 is 3.00 bits per heavy atom. The first-order valence-electron chi connectivity index (χ1n) is 7.06. The second-order valence-electron chi connectivity index (χ2n) is 5.86. The summed E-state index contributed by atoms with van der Waals surface area (Å²) < 4.78 is 5.06. The Bertz CT molecular complexity index is 368. The SMILES string of the molecule is CC(C/C=C/c1ccoc1)[C@H]1CC[C@H](C)CN1C. The van der Waals surface area contributed by atoms with E-state index >= 15 is 0 Å². The molecule has 2 heteroatoms. The zero-order chi connectivity index (χ0) is 13.0. The molecular formula is C16H25NO. The van der Waals surface area contributed by atoms with Crippen LogP contribution in [0.1, 0.15) is 38.7 Å². The Labute approximate surface area is 111 Å². The van der Waals surface area contributed by atoms with Crippen molar-refractivity contribution in [3.8, 4) is 0 Å². The van der Waals surface area contributed by atoms with Crippen molar-refractivity contribution in [2.24, 2.45) is 11.8 Å². The number of likely N-dealkylation sites (tertiary alicyclic amines) is 1. The molecule has 100 valence electrons. The fourth-order valence-corrected chi connectivity index (χ4v) is 3.06. The third kappa shape index (κ3) is 3.49. The molecule has 0 radical (unpaired) electrons. The molecule has 1 saturated heterocycles. The smallest absolute Gasteiger partial charge is 0.0974 e. The van der Waals surface area contributed by atoms with E-state index in [9.17, 15) is 0 Å². The highest BCUT2D eigenvalue weighted by Gasteiger charge is 2.26. The first-order chi connectivity index (χ1) is 8.66. The number of nitrogens with zero attached hydrogens (tertiary/aromatic N) is 1. The van der Waals surface area contributed by atoms with E-state index in [2.05, 4.69) is 37.9 Å². The maximum atomic E-state index is 5.06. The molecule has 1 aromatic heterocycles. The molecule has 18 heavy (non-hydrogen) atoms. The van der Waals surface area contributed by atoms with Gasteiger partial charge in [0.1, 0.15) is 0 Å². The van der Waals surface area contributed by atoms with Crippen LogP contribution in [-0.4, -0.2) is 24.5 Å². The fourth-order valence-electron chi connectivity index (χ4n) is 3.06. The molecule has 0 spiro atoms. The van der Waals surface area contributed by atoms with Gasteiger partial charge < -0.3 is 9.32 Å². The maximum Gasteiger partial charge on any atom is 0.0974 e. The fraction of sp³-hybridized carbons (Fsp3) is 0.625. The van der Waals surface area contributed by atoms with Crippen molar-refractivity contribution in [1.29, 1.82) is 0 Å². The van der Waals surface area contributed by atoms with Crippen LogP contribution in [0.4, 0.5) is 0 Å². The summed E-state index contributed by atoms with van der Waals surface area (Å²) in [6, 6.07) is 2.74. The van der Waals surface area contributed by atoms with Crippen LogP contribution in [0.5, 0.6) is 0 Å². The topological polar surface area (TPSA) is 16.4 Å². The first-order valence-corrected chi connectivity index (χ1v) is 7.06. The van der Waals surface area contributed by atoms with E-state index in [1.54, 1.807) is 12.5 Å². The quantitative estimate of drug-likeness (QED) is 0.798. The van der Waals surface area contributed by atoms with Crippen molar-refractivity contribution in [1.82, 2.24) is 4.90 Å². The van der Waals surface area contributed by atoms with E-state index < -0.39 is 0 Å². The molecule has 2 rings (SSSR count). The number of piperidine rings is 1. The van der Waals surface area contributed by atoms with Gasteiger partial charge in [-0.2, -0.15) is 0 Å². The predicted octanol–water partition coefficient (Wildman–Crippen LogP) is 4.05. The molecule has 0 N–H and O–H groups in total. The van der Waals surface area contributed by atoms with Crippen molar-refractivity contribution >= 4 is 6.08 Å². The van der Waals surface area contributed by atoms with Crippen molar-refractivity contribution in [3.63, 3.8) is 0 Å². The Hall–Kier alpha value is -1.02. The summed E-state index contributed by atoms with van der Waals surface area (Å²) in [7, 11) is 2.27. The molecule has 3 atom stereocenters. The Kier molecular flexibility index (Phi) is 4.65. The van der Waals surface area contributed by atoms with Crippen LogP contribution in [0.15, 0.2) is 29.1 Å².